The Morgan fingerprint density at radius 2 is 1.97 bits per heavy atom. The summed E-state index contributed by atoms with van der Waals surface area (Å²) in [5, 5.41) is 12.6. The Balaban J connectivity index is 1.61. The predicted molar refractivity (Wildman–Crippen MR) is 147 cm³/mol. The van der Waals surface area contributed by atoms with Crippen molar-refractivity contribution >= 4 is 40.0 Å². The van der Waals surface area contributed by atoms with Crippen LogP contribution in [0.4, 0.5) is 5.00 Å². The highest BCUT2D eigenvalue weighted by atomic mass is 32.2. The van der Waals surface area contributed by atoms with Gasteiger partial charge in [0.1, 0.15) is 22.4 Å². The Hall–Kier alpha value is -3.62. The lowest BCUT2D eigenvalue weighted by Crippen LogP contribution is -2.26. The molecule has 0 spiro atoms. The third-order valence-electron chi connectivity index (χ3n) is 6.18. The first kappa shape index (κ1) is 27.4. The number of benzene rings is 1. The Labute approximate surface area is 228 Å². The summed E-state index contributed by atoms with van der Waals surface area (Å²) in [7, 11) is 1.55. The second-order valence-corrected chi connectivity index (χ2v) is 10.9. The van der Waals surface area contributed by atoms with Crippen molar-refractivity contribution in [1.82, 2.24) is 9.97 Å². The number of carbonyl (C=O) groups is 2. The van der Waals surface area contributed by atoms with Crippen LogP contribution >= 0.6 is 23.1 Å². The molecule has 1 atom stereocenters. The quantitative estimate of drug-likeness (QED) is 0.216. The molecule has 1 aliphatic carbocycles. The Kier molecular flexibility index (Phi) is 8.86. The van der Waals surface area contributed by atoms with Crippen LogP contribution in [0.5, 0.6) is 5.75 Å². The molecule has 0 unspecified atom stereocenters. The van der Waals surface area contributed by atoms with Crippen molar-refractivity contribution in [3.63, 3.8) is 0 Å². The van der Waals surface area contributed by atoms with Crippen LogP contribution in [0.25, 0.3) is 11.3 Å². The molecule has 2 N–H and O–H groups in total. The van der Waals surface area contributed by atoms with Gasteiger partial charge < -0.3 is 19.8 Å². The van der Waals surface area contributed by atoms with Gasteiger partial charge in [0, 0.05) is 10.4 Å². The third kappa shape index (κ3) is 5.76. The summed E-state index contributed by atoms with van der Waals surface area (Å²) in [6.45, 7) is 3.86. The number of aromatic amines is 1. The molecule has 1 aromatic carbocycles. The molecule has 3 aromatic rings. The number of esters is 1. The molecule has 0 saturated carbocycles. The normalized spacial score (nSPS) is 13.2. The number of methoxy groups -OCH3 is 1. The number of nitrogens with one attached hydrogen (secondary N) is 2. The van der Waals surface area contributed by atoms with E-state index in [1.165, 1.54) is 11.3 Å². The van der Waals surface area contributed by atoms with Gasteiger partial charge in [0.05, 0.1) is 30.2 Å². The summed E-state index contributed by atoms with van der Waals surface area (Å²) >= 11 is 2.53. The number of carbonyl (C=O) groups excluding carboxylic acids is 2. The van der Waals surface area contributed by atoms with Crippen molar-refractivity contribution in [2.24, 2.45) is 0 Å². The lowest BCUT2D eigenvalue weighted by Gasteiger charge is -2.15. The number of aryl methyl sites for hydroxylation is 1. The SMILES string of the molecule is CCOC(=O)c1c(NC(=O)[C@@H](CC)Sc2nc(-c3ccc(OC)cc3)c(C#N)c(=O)[nH]2)sc2c1CCCC2. The van der Waals surface area contributed by atoms with Gasteiger partial charge in [-0.1, -0.05) is 18.7 Å². The number of thioether (sulfide) groups is 1. The number of rotatable bonds is 9. The minimum absolute atomic E-state index is 0.111. The molecule has 38 heavy (non-hydrogen) atoms. The van der Waals surface area contributed by atoms with Crippen molar-refractivity contribution in [2.75, 3.05) is 19.0 Å². The van der Waals surface area contributed by atoms with Crippen LogP contribution in [0.2, 0.25) is 0 Å². The van der Waals surface area contributed by atoms with Gasteiger partial charge in [-0.3, -0.25) is 9.59 Å². The van der Waals surface area contributed by atoms with Crippen LogP contribution in [-0.2, 0) is 22.4 Å². The number of nitriles is 1. The molecule has 4 rings (SSSR count). The minimum Gasteiger partial charge on any atom is -0.497 e. The number of H-pyrrole nitrogens is 1. The fourth-order valence-electron chi connectivity index (χ4n) is 4.29. The van der Waals surface area contributed by atoms with E-state index in [9.17, 15) is 19.6 Å². The Bertz CT molecular complexity index is 1440. The van der Waals surface area contributed by atoms with E-state index in [2.05, 4.69) is 15.3 Å². The third-order valence-corrected chi connectivity index (χ3v) is 8.63. The fraction of sp³-hybridized carbons (Fsp3) is 0.370. The maximum Gasteiger partial charge on any atom is 0.341 e. The molecular weight excluding hydrogens is 524 g/mol. The topological polar surface area (TPSA) is 134 Å². The monoisotopic (exact) mass is 552 g/mol. The summed E-state index contributed by atoms with van der Waals surface area (Å²) in [5.74, 6) is -0.100. The molecular formula is C27H28N4O5S2. The van der Waals surface area contributed by atoms with Crippen molar-refractivity contribution in [3.8, 4) is 23.1 Å². The number of amides is 1. The summed E-state index contributed by atoms with van der Waals surface area (Å²) in [6, 6.07) is 8.80. The first-order chi connectivity index (χ1) is 18.4. The average molecular weight is 553 g/mol. The molecule has 2 aromatic heterocycles. The largest absolute Gasteiger partial charge is 0.497 e. The van der Waals surface area contributed by atoms with Crippen LogP contribution in [-0.4, -0.2) is 40.8 Å². The molecule has 0 bridgehead atoms. The number of aromatic nitrogens is 2. The summed E-state index contributed by atoms with van der Waals surface area (Å²) < 4.78 is 10.5. The Morgan fingerprint density at radius 3 is 2.63 bits per heavy atom. The number of fused-ring (bicyclic) bond motifs is 1. The minimum atomic E-state index is -0.607. The van der Waals surface area contributed by atoms with E-state index in [-0.39, 0.29) is 28.9 Å². The number of hydrogen-bond donors (Lipinski definition) is 2. The van der Waals surface area contributed by atoms with Crippen molar-refractivity contribution < 1.29 is 19.1 Å². The number of ether oxygens (including phenoxy) is 2. The van der Waals surface area contributed by atoms with E-state index in [0.29, 0.717) is 28.3 Å². The zero-order valence-electron chi connectivity index (χ0n) is 21.4. The van der Waals surface area contributed by atoms with E-state index in [0.717, 1.165) is 47.9 Å². The van der Waals surface area contributed by atoms with Gasteiger partial charge in [0.15, 0.2) is 5.16 Å². The maximum absolute atomic E-state index is 13.4. The molecule has 0 radical (unpaired) electrons. The fourth-order valence-corrected chi connectivity index (χ4v) is 6.47. The number of hydrogen-bond acceptors (Lipinski definition) is 9. The average Bonchev–Trinajstić information content (AvgIpc) is 3.29. The van der Waals surface area contributed by atoms with Crippen molar-refractivity contribution in [2.45, 2.75) is 56.4 Å². The van der Waals surface area contributed by atoms with E-state index in [4.69, 9.17) is 9.47 Å². The molecule has 1 aliphatic rings. The van der Waals surface area contributed by atoms with Gasteiger partial charge in [0.25, 0.3) is 5.56 Å². The van der Waals surface area contributed by atoms with E-state index < -0.39 is 16.8 Å². The molecule has 2 heterocycles. The zero-order valence-corrected chi connectivity index (χ0v) is 23.0. The van der Waals surface area contributed by atoms with Gasteiger partial charge in [-0.2, -0.15) is 5.26 Å². The van der Waals surface area contributed by atoms with Crippen LogP contribution in [0.15, 0.2) is 34.2 Å². The molecule has 9 nitrogen and oxygen atoms in total. The molecule has 0 fully saturated rings. The molecule has 0 saturated heterocycles. The molecule has 0 aliphatic heterocycles. The van der Waals surface area contributed by atoms with E-state index >= 15 is 0 Å². The van der Waals surface area contributed by atoms with Gasteiger partial charge in [0.2, 0.25) is 5.91 Å². The molecule has 1 amide bonds. The first-order valence-electron chi connectivity index (χ1n) is 12.4. The standard InChI is InChI=1S/C27H28N4O5S2/c1-4-19(24(33)30-25-21(26(34)36-5-2)17-8-6-7-9-20(17)37-25)38-27-29-22(18(14-28)23(32)31-27)15-10-12-16(35-3)13-11-15/h10-13,19H,4-9H2,1-3H3,(H,30,33)(H,29,31,32)/t19-/m1/s1. The van der Waals surface area contributed by atoms with Gasteiger partial charge in [-0.25, -0.2) is 9.78 Å². The smallest absolute Gasteiger partial charge is 0.341 e. The number of nitrogens with zero attached hydrogens (tertiary/aromatic N) is 2. The van der Waals surface area contributed by atoms with Crippen LogP contribution in [0.3, 0.4) is 0 Å². The van der Waals surface area contributed by atoms with Gasteiger partial charge >= 0.3 is 5.97 Å². The highest BCUT2D eigenvalue weighted by Crippen LogP contribution is 2.39. The van der Waals surface area contributed by atoms with Crippen LogP contribution in [0.1, 0.15) is 59.5 Å². The second-order valence-electron chi connectivity index (χ2n) is 8.57. The first-order valence-corrected chi connectivity index (χ1v) is 14.1. The van der Waals surface area contributed by atoms with Gasteiger partial charge in [-0.15, -0.1) is 11.3 Å². The summed E-state index contributed by atoms with van der Waals surface area (Å²) in [5.41, 5.74) is 1.54. The highest BCUT2D eigenvalue weighted by molar-refractivity contribution is 8.00. The highest BCUT2D eigenvalue weighted by Gasteiger charge is 2.29. The second kappa shape index (κ2) is 12.3. The van der Waals surface area contributed by atoms with Crippen molar-refractivity contribution in [3.05, 3.63) is 56.2 Å². The molecule has 11 heteroatoms. The van der Waals surface area contributed by atoms with Crippen LogP contribution in [0, 0.1) is 11.3 Å². The zero-order chi connectivity index (χ0) is 27.2. The lowest BCUT2D eigenvalue weighted by molar-refractivity contribution is -0.115. The number of anilines is 1. The lowest BCUT2D eigenvalue weighted by atomic mass is 9.95. The van der Waals surface area contributed by atoms with Crippen LogP contribution < -0.4 is 15.6 Å². The maximum atomic E-state index is 13.4. The Morgan fingerprint density at radius 1 is 1.24 bits per heavy atom. The number of thiophene rings is 1. The van der Waals surface area contributed by atoms with E-state index in [1.54, 1.807) is 38.3 Å². The molecule has 198 valence electrons. The predicted octanol–water partition coefficient (Wildman–Crippen LogP) is 4.94. The summed E-state index contributed by atoms with van der Waals surface area (Å²) in [6.07, 6.45) is 4.14. The van der Waals surface area contributed by atoms with Crippen molar-refractivity contribution in [1.29, 1.82) is 5.26 Å². The summed E-state index contributed by atoms with van der Waals surface area (Å²) in [4.78, 5) is 47.1. The van der Waals surface area contributed by atoms with Gasteiger partial charge in [-0.05, 0) is 68.9 Å². The van der Waals surface area contributed by atoms with E-state index in [1.807, 2.05) is 13.0 Å².